The highest BCUT2D eigenvalue weighted by Gasteiger charge is 2.19. The summed E-state index contributed by atoms with van der Waals surface area (Å²) >= 11 is 1.61. The molecule has 0 spiro atoms. The molecule has 0 radical (unpaired) electrons. The lowest BCUT2D eigenvalue weighted by Gasteiger charge is -2.15. The van der Waals surface area contributed by atoms with Gasteiger partial charge in [-0.25, -0.2) is 4.39 Å². The van der Waals surface area contributed by atoms with E-state index in [1.165, 1.54) is 5.56 Å². The highest BCUT2D eigenvalue weighted by molar-refractivity contribution is 7.08. The molecule has 0 fully saturated rings. The molecule has 4 nitrogen and oxygen atoms in total. The SMILES string of the molecule is C#C/C=C(\C(C)=C(/C)NC(=C)c1n[nH]c2ccc(C(/C=C(\C=C)CNCc3ccccc3)=C/C)c(F)c12)c1ccsc1. The zero-order chi connectivity index (χ0) is 30.1. The van der Waals surface area contributed by atoms with Crippen molar-refractivity contribution in [3.05, 3.63) is 142 Å². The highest BCUT2D eigenvalue weighted by Crippen LogP contribution is 2.32. The van der Waals surface area contributed by atoms with E-state index in [0.29, 0.717) is 34.4 Å². The first-order valence-corrected chi connectivity index (χ1v) is 14.6. The third-order valence-corrected chi connectivity index (χ3v) is 7.73. The van der Waals surface area contributed by atoms with Crippen molar-refractivity contribution in [3.63, 3.8) is 0 Å². The van der Waals surface area contributed by atoms with Crippen molar-refractivity contribution in [1.29, 1.82) is 0 Å². The number of thiophene rings is 1. The zero-order valence-electron chi connectivity index (χ0n) is 24.2. The number of fused-ring (bicyclic) bond motifs is 1. The fraction of sp³-hybridized carbons (Fsp3) is 0.139. The van der Waals surface area contributed by atoms with E-state index >= 15 is 4.39 Å². The molecule has 212 valence electrons. The fourth-order valence-corrected chi connectivity index (χ4v) is 5.31. The summed E-state index contributed by atoms with van der Waals surface area (Å²) in [6.45, 7) is 15.3. The van der Waals surface area contributed by atoms with Crippen molar-refractivity contribution in [2.24, 2.45) is 0 Å². The molecule has 0 saturated carbocycles. The number of aromatic amines is 1. The Morgan fingerprint density at radius 1 is 1.17 bits per heavy atom. The van der Waals surface area contributed by atoms with Crippen LogP contribution in [0.25, 0.3) is 27.7 Å². The van der Waals surface area contributed by atoms with Crippen molar-refractivity contribution in [3.8, 4) is 12.3 Å². The Labute approximate surface area is 251 Å². The largest absolute Gasteiger partial charge is 0.358 e. The third kappa shape index (κ3) is 6.95. The normalized spacial score (nSPS) is 13.1. The summed E-state index contributed by atoms with van der Waals surface area (Å²) < 4.78 is 16.2. The van der Waals surface area contributed by atoms with Gasteiger partial charge in [0.05, 0.1) is 16.6 Å². The number of nitrogens with one attached hydrogen (secondary N) is 3. The van der Waals surface area contributed by atoms with E-state index in [-0.39, 0.29) is 5.82 Å². The van der Waals surface area contributed by atoms with Crippen molar-refractivity contribution >= 4 is 39.1 Å². The van der Waals surface area contributed by atoms with Crippen LogP contribution in [0.4, 0.5) is 4.39 Å². The number of aromatic nitrogens is 2. The summed E-state index contributed by atoms with van der Waals surface area (Å²) in [4.78, 5) is 0. The van der Waals surface area contributed by atoms with Gasteiger partial charge < -0.3 is 10.6 Å². The van der Waals surface area contributed by atoms with Crippen LogP contribution in [-0.2, 0) is 6.54 Å². The van der Waals surface area contributed by atoms with Crippen LogP contribution in [0.3, 0.4) is 0 Å². The van der Waals surface area contributed by atoms with Gasteiger partial charge in [0, 0.05) is 24.4 Å². The van der Waals surface area contributed by atoms with Crippen molar-refractivity contribution in [2.75, 3.05) is 6.54 Å². The number of benzene rings is 2. The van der Waals surface area contributed by atoms with Gasteiger partial charge in [0.1, 0.15) is 11.5 Å². The van der Waals surface area contributed by atoms with E-state index in [1.807, 2.05) is 68.6 Å². The standard InChI is InChI=1S/C36H35FN4S/c1-7-13-31(30-18-19-42-23-30)24(4)25(5)39-26(6)36-34-33(40-41-36)17-16-32(35(34)37)29(9-3)20-27(8-2)21-38-22-28-14-11-10-12-15-28/h1,8-20,23,38-39H,2,6,21-22H2,3-5H3,(H,40,41)/b25-24+,27-20+,29-9+,31-13+. The van der Waals surface area contributed by atoms with Crippen LogP contribution in [0.15, 0.2) is 114 Å². The average Bonchev–Trinajstić information content (AvgIpc) is 3.69. The highest BCUT2D eigenvalue weighted by atomic mass is 32.1. The zero-order valence-corrected chi connectivity index (χ0v) is 25.0. The van der Waals surface area contributed by atoms with Crippen LogP contribution < -0.4 is 10.6 Å². The van der Waals surface area contributed by atoms with E-state index in [4.69, 9.17) is 6.42 Å². The minimum atomic E-state index is -0.367. The molecule has 2 aromatic carbocycles. The maximum absolute atomic E-state index is 16.2. The topological polar surface area (TPSA) is 52.7 Å². The third-order valence-electron chi connectivity index (χ3n) is 7.04. The number of nitrogens with zero attached hydrogens (tertiary/aromatic N) is 1. The smallest absolute Gasteiger partial charge is 0.142 e. The van der Waals surface area contributed by atoms with Crippen LogP contribution in [0.5, 0.6) is 0 Å². The maximum Gasteiger partial charge on any atom is 0.142 e. The monoisotopic (exact) mass is 574 g/mol. The van der Waals surface area contributed by atoms with E-state index in [9.17, 15) is 0 Å². The molecule has 42 heavy (non-hydrogen) atoms. The number of H-pyrrole nitrogens is 1. The first-order chi connectivity index (χ1) is 20.4. The summed E-state index contributed by atoms with van der Waals surface area (Å²) in [7, 11) is 0. The van der Waals surface area contributed by atoms with E-state index in [2.05, 4.69) is 57.4 Å². The summed E-state index contributed by atoms with van der Waals surface area (Å²) in [5.74, 6) is 2.27. The van der Waals surface area contributed by atoms with Crippen molar-refractivity contribution in [1.82, 2.24) is 20.8 Å². The Hall–Kier alpha value is -4.70. The predicted octanol–water partition coefficient (Wildman–Crippen LogP) is 8.64. The second kappa shape index (κ2) is 14.3. The van der Waals surface area contributed by atoms with Gasteiger partial charge in [0.2, 0.25) is 0 Å². The van der Waals surface area contributed by atoms with Gasteiger partial charge in [-0.3, -0.25) is 5.10 Å². The molecule has 0 aliphatic carbocycles. The second-order valence-corrected chi connectivity index (χ2v) is 10.5. The Balaban J connectivity index is 1.60. The Morgan fingerprint density at radius 3 is 2.62 bits per heavy atom. The predicted molar refractivity (Wildman–Crippen MR) is 178 cm³/mol. The molecule has 2 aromatic heterocycles. The van der Waals surface area contributed by atoms with Crippen LogP contribution >= 0.6 is 11.3 Å². The van der Waals surface area contributed by atoms with E-state index in [1.54, 1.807) is 29.6 Å². The molecule has 0 aliphatic rings. The lowest BCUT2D eigenvalue weighted by Crippen LogP contribution is -2.16. The quantitative estimate of drug-likeness (QED) is 0.117. The first-order valence-electron chi connectivity index (χ1n) is 13.6. The van der Waals surface area contributed by atoms with Crippen LogP contribution in [0.1, 0.15) is 43.2 Å². The van der Waals surface area contributed by atoms with Crippen LogP contribution in [0, 0.1) is 18.2 Å². The van der Waals surface area contributed by atoms with Gasteiger partial charge in [0.15, 0.2) is 0 Å². The van der Waals surface area contributed by atoms with Gasteiger partial charge >= 0.3 is 0 Å². The van der Waals surface area contributed by atoms with Gasteiger partial charge in [-0.05, 0) is 89.2 Å². The van der Waals surface area contributed by atoms with Crippen molar-refractivity contribution < 1.29 is 4.39 Å². The molecular formula is C36H35FN4S. The van der Waals surface area contributed by atoms with Crippen LogP contribution in [-0.4, -0.2) is 16.7 Å². The molecule has 3 N–H and O–H groups in total. The van der Waals surface area contributed by atoms with Gasteiger partial charge in [0.25, 0.3) is 0 Å². The van der Waals surface area contributed by atoms with Crippen molar-refractivity contribution in [2.45, 2.75) is 27.3 Å². The molecule has 0 bridgehead atoms. The molecule has 6 heteroatoms. The summed E-state index contributed by atoms with van der Waals surface area (Å²) in [6.07, 6.45) is 13.0. The first kappa shape index (κ1) is 30.3. The summed E-state index contributed by atoms with van der Waals surface area (Å²) in [5.41, 5.74) is 8.66. The Kier molecular flexibility index (Phi) is 10.3. The van der Waals surface area contributed by atoms with Gasteiger partial charge in [-0.1, -0.05) is 67.6 Å². The van der Waals surface area contributed by atoms with E-state index < -0.39 is 0 Å². The molecule has 0 unspecified atom stereocenters. The Bertz CT molecular complexity index is 1740. The molecule has 0 aliphatic heterocycles. The number of halogens is 1. The second-order valence-electron chi connectivity index (χ2n) is 9.77. The number of terminal acetylenes is 1. The Morgan fingerprint density at radius 2 is 1.95 bits per heavy atom. The maximum atomic E-state index is 16.2. The van der Waals surface area contributed by atoms with Crippen LogP contribution in [0.2, 0.25) is 0 Å². The minimum absolute atomic E-state index is 0.367. The lowest BCUT2D eigenvalue weighted by atomic mass is 9.98. The average molecular weight is 575 g/mol. The molecule has 4 aromatic rings. The number of rotatable bonds is 12. The number of allylic oxidation sites excluding steroid dienone is 7. The summed E-state index contributed by atoms with van der Waals surface area (Å²) in [6, 6.07) is 15.8. The molecule has 0 amide bonds. The molecular weight excluding hydrogens is 539 g/mol. The molecule has 2 heterocycles. The van der Waals surface area contributed by atoms with Gasteiger partial charge in [-0.2, -0.15) is 16.4 Å². The number of hydrogen-bond donors (Lipinski definition) is 3. The molecule has 4 rings (SSSR count). The summed E-state index contributed by atoms with van der Waals surface area (Å²) in [5, 5.41) is 18.6. The lowest BCUT2D eigenvalue weighted by molar-refractivity contribution is 0.636. The molecule has 0 atom stereocenters. The minimum Gasteiger partial charge on any atom is -0.358 e. The van der Waals surface area contributed by atoms with Gasteiger partial charge in [-0.15, -0.1) is 6.42 Å². The molecule has 0 saturated heterocycles. The van der Waals surface area contributed by atoms with E-state index in [0.717, 1.165) is 40.1 Å². The number of hydrogen-bond acceptors (Lipinski definition) is 4. The fourth-order valence-electron chi connectivity index (χ4n) is 4.65.